The van der Waals surface area contributed by atoms with Crippen LogP contribution in [0.3, 0.4) is 0 Å². The molecule has 3 rings (SSSR count). The molecular formula is C20H20FNO4. The third-order valence-corrected chi connectivity index (χ3v) is 4.15. The lowest BCUT2D eigenvalue weighted by molar-refractivity contribution is -0.234. The number of hydrogen-bond acceptors (Lipinski definition) is 5. The predicted octanol–water partition coefficient (Wildman–Crippen LogP) is 3.06. The largest absolute Gasteiger partial charge is 0.458 e. The van der Waals surface area contributed by atoms with Crippen LogP contribution < -0.4 is 0 Å². The first-order valence-corrected chi connectivity index (χ1v) is 8.40. The first-order chi connectivity index (χ1) is 12.4. The standard InChI is InChI=1S/C20H20FNO4/c1-13(2)25-19(23)20(24)16(12-14-8-4-3-5-9-14)18(22-26-20)15-10-6-7-11-17(15)21/h3-11,13,16,24H,12H2,1-2H3/t16-,20-/m0/s1. The van der Waals surface area contributed by atoms with E-state index in [1.807, 2.05) is 30.3 Å². The molecule has 1 aliphatic heterocycles. The average molecular weight is 357 g/mol. The Morgan fingerprint density at radius 1 is 1.23 bits per heavy atom. The molecule has 0 bridgehead atoms. The molecular weight excluding hydrogens is 337 g/mol. The van der Waals surface area contributed by atoms with Crippen molar-refractivity contribution in [2.24, 2.45) is 11.1 Å². The van der Waals surface area contributed by atoms with E-state index in [-0.39, 0.29) is 17.7 Å². The molecule has 2 aromatic carbocycles. The SMILES string of the molecule is CC(C)OC(=O)[C@@]1(O)ON=C(c2ccccc2F)[C@@H]1Cc1ccccc1. The molecule has 0 aromatic heterocycles. The monoisotopic (exact) mass is 357 g/mol. The number of hydrogen-bond donors (Lipinski definition) is 1. The molecule has 1 N–H and O–H groups in total. The van der Waals surface area contributed by atoms with Gasteiger partial charge in [-0.2, -0.15) is 0 Å². The van der Waals surface area contributed by atoms with Gasteiger partial charge in [0.2, 0.25) is 0 Å². The predicted molar refractivity (Wildman–Crippen MR) is 93.8 cm³/mol. The molecule has 1 heterocycles. The van der Waals surface area contributed by atoms with Gasteiger partial charge in [0, 0.05) is 5.56 Å². The Kier molecular flexibility index (Phi) is 5.04. The Morgan fingerprint density at radius 3 is 2.54 bits per heavy atom. The Morgan fingerprint density at radius 2 is 1.88 bits per heavy atom. The maximum Gasteiger partial charge on any atom is 0.382 e. The van der Waals surface area contributed by atoms with Crippen LogP contribution in [0.25, 0.3) is 0 Å². The minimum absolute atomic E-state index is 0.176. The molecule has 0 unspecified atom stereocenters. The summed E-state index contributed by atoms with van der Waals surface area (Å²) in [6, 6.07) is 15.3. The zero-order valence-electron chi connectivity index (χ0n) is 14.6. The average Bonchev–Trinajstić information content (AvgIpc) is 2.94. The molecule has 1 aliphatic rings. The highest BCUT2D eigenvalue weighted by atomic mass is 19.1. The molecule has 26 heavy (non-hydrogen) atoms. The van der Waals surface area contributed by atoms with Gasteiger partial charge in [0.15, 0.2) is 0 Å². The van der Waals surface area contributed by atoms with Crippen molar-refractivity contribution in [3.05, 3.63) is 71.5 Å². The molecule has 0 saturated carbocycles. The van der Waals surface area contributed by atoms with Crippen LogP contribution in [0.5, 0.6) is 0 Å². The van der Waals surface area contributed by atoms with Crippen molar-refractivity contribution in [3.63, 3.8) is 0 Å². The number of aliphatic hydroxyl groups is 1. The number of ether oxygens (including phenoxy) is 1. The van der Waals surface area contributed by atoms with Gasteiger partial charge < -0.3 is 14.7 Å². The lowest BCUT2D eigenvalue weighted by Crippen LogP contribution is -2.49. The summed E-state index contributed by atoms with van der Waals surface area (Å²) in [5.74, 6) is -4.66. The van der Waals surface area contributed by atoms with Gasteiger partial charge in [-0.3, -0.25) is 0 Å². The molecule has 136 valence electrons. The van der Waals surface area contributed by atoms with Crippen LogP contribution in [-0.2, 0) is 20.8 Å². The van der Waals surface area contributed by atoms with Gasteiger partial charge in [0.1, 0.15) is 11.5 Å². The number of carbonyl (C=O) groups excluding carboxylic acids is 1. The van der Waals surface area contributed by atoms with Gasteiger partial charge in [-0.1, -0.05) is 53.7 Å². The molecule has 0 saturated heterocycles. The minimum atomic E-state index is -2.31. The molecule has 0 amide bonds. The van der Waals surface area contributed by atoms with Crippen LogP contribution in [-0.4, -0.2) is 28.7 Å². The molecule has 0 fully saturated rings. The third kappa shape index (κ3) is 3.46. The summed E-state index contributed by atoms with van der Waals surface area (Å²) < 4.78 is 19.4. The number of esters is 1. The minimum Gasteiger partial charge on any atom is -0.458 e. The van der Waals surface area contributed by atoms with Crippen molar-refractivity contribution in [3.8, 4) is 0 Å². The second-order valence-electron chi connectivity index (χ2n) is 6.44. The van der Waals surface area contributed by atoms with E-state index in [1.54, 1.807) is 26.0 Å². The fraction of sp³-hybridized carbons (Fsp3) is 0.300. The van der Waals surface area contributed by atoms with E-state index < -0.39 is 29.6 Å². The van der Waals surface area contributed by atoms with Crippen molar-refractivity contribution >= 4 is 11.7 Å². The summed E-state index contributed by atoms with van der Waals surface area (Å²) in [5.41, 5.74) is 1.21. The third-order valence-electron chi connectivity index (χ3n) is 4.15. The van der Waals surface area contributed by atoms with Crippen molar-refractivity contribution < 1.29 is 23.9 Å². The van der Waals surface area contributed by atoms with E-state index in [9.17, 15) is 14.3 Å². The first kappa shape index (κ1) is 18.1. The quantitative estimate of drug-likeness (QED) is 0.835. The van der Waals surface area contributed by atoms with Gasteiger partial charge in [-0.05, 0) is 31.9 Å². The van der Waals surface area contributed by atoms with Crippen LogP contribution in [0.4, 0.5) is 4.39 Å². The van der Waals surface area contributed by atoms with Crippen LogP contribution in [0.15, 0.2) is 59.8 Å². The summed E-state index contributed by atoms with van der Waals surface area (Å²) in [6.45, 7) is 3.34. The van der Waals surface area contributed by atoms with Gasteiger partial charge in [0.05, 0.1) is 12.0 Å². The van der Waals surface area contributed by atoms with E-state index >= 15 is 0 Å². The van der Waals surface area contributed by atoms with E-state index in [2.05, 4.69) is 5.16 Å². The topological polar surface area (TPSA) is 68.1 Å². The smallest absolute Gasteiger partial charge is 0.382 e. The van der Waals surface area contributed by atoms with Crippen molar-refractivity contribution in [2.75, 3.05) is 0 Å². The maximum absolute atomic E-state index is 14.3. The Bertz CT molecular complexity index is 822. The molecule has 0 spiro atoms. The highest BCUT2D eigenvalue weighted by molar-refractivity contribution is 6.06. The number of oxime groups is 1. The van der Waals surface area contributed by atoms with E-state index in [1.165, 1.54) is 12.1 Å². The molecule has 2 aromatic rings. The second kappa shape index (κ2) is 7.25. The summed E-state index contributed by atoms with van der Waals surface area (Å²) >= 11 is 0. The first-order valence-electron chi connectivity index (χ1n) is 8.40. The zero-order chi connectivity index (χ0) is 18.7. The number of rotatable bonds is 5. The van der Waals surface area contributed by atoms with E-state index in [0.717, 1.165) is 5.56 Å². The zero-order valence-corrected chi connectivity index (χ0v) is 14.6. The lowest BCUT2D eigenvalue weighted by Gasteiger charge is -2.26. The number of halogens is 1. The molecule has 6 heteroatoms. The molecule has 0 radical (unpaired) electrons. The number of nitrogens with zero attached hydrogens (tertiary/aromatic N) is 1. The fourth-order valence-corrected chi connectivity index (χ4v) is 2.90. The summed E-state index contributed by atoms with van der Waals surface area (Å²) in [7, 11) is 0. The number of carbonyl (C=O) groups is 1. The lowest BCUT2D eigenvalue weighted by atomic mass is 9.84. The Balaban J connectivity index is 1.99. The van der Waals surface area contributed by atoms with Gasteiger partial charge in [-0.25, -0.2) is 9.18 Å². The Labute approximate surface area is 151 Å². The van der Waals surface area contributed by atoms with Gasteiger partial charge in [-0.15, -0.1) is 0 Å². The highest BCUT2D eigenvalue weighted by Gasteiger charge is 2.56. The van der Waals surface area contributed by atoms with Crippen molar-refractivity contribution in [1.29, 1.82) is 0 Å². The summed E-state index contributed by atoms with van der Waals surface area (Å²) in [6.07, 6.45) is -0.206. The Hall–Kier alpha value is -2.73. The van der Waals surface area contributed by atoms with Crippen LogP contribution in [0, 0.1) is 11.7 Å². The normalized spacial score (nSPS) is 22.0. The highest BCUT2D eigenvalue weighted by Crippen LogP contribution is 2.35. The van der Waals surface area contributed by atoms with Crippen LogP contribution >= 0.6 is 0 Å². The van der Waals surface area contributed by atoms with Gasteiger partial charge in [0.25, 0.3) is 0 Å². The molecule has 0 aliphatic carbocycles. The molecule has 5 nitrogen and oxygen atoms in total. The van der Waals surface area contributed by atoms with Gasteiger partial charge >= 0.3 is 11.8 Å². The van der Waals surface area contributed by atoms with E-state index in [4.69, 9.17) is 9.57 Å². The molecule has 2 atom stereocenters. The maximum atomic E-state index is 14.3. The summed E-state index contributed by atoms with van der Waals surface area (Å²) in [4.78, 5) is 17.6. The van der Waals surface area contributed by atoms with E-state index in [0.29, 0.717) is 0 Å². The number of benzene rings is 2. The fourth-order valence-electron chi connectivity index (χ4n) is 2.90. The van der Waals surface area contributed by atoms with Crippen LogP contribution in [0.2, 0.25) is 0 Å². The second-order valence-corrected chi connectivity index (χ2v) is 6.44. The summed E-state index contributed by atoms with van der Waals surface area (Å²) in [5, 5.41) is 14.8. The van der Waals surface area contributed by atoms with Crippen molar-refractivity contribution in [1.82, 2.24) is 0 Å². The van der Waals surface area contributed by atoms with Crippen LogP contribution in [0.1, 0.15) is 25.0 Å². The van der Waals surface area contributed by atoms with Crippen molar-refractivity contribution in [2.45, 2.75) is 32.2 Å².